The number of alkyl carbamates (subject to hydrolysis) is 1. The van der Waals surface area contributed by atoms with Gasteiger partial charge in [0.2, 0.25) is 5.91 Å². The molecule has 2 amide bonds. The second-order valence-electron chi connectivity index (χ2n) is 6.11. The van der Waals surface area contributed by atoms with E-state index in [2.05, 4.69) is 20.1 Å². The largest absolute Gasteiger partial charge is 0.465 e. The molecule has 24 heavy (non-hydrogen) atoms. The summed E-state index contributed by atoms with van der Waals surface area (Å²) in [6.45, 7) is 5.36. The normalized spacial score (nSPS) is 12.1. The molecule has 0 radical (unpaired) electrons. The number of carbonyl (C=O) groups excluding carboxylic acids is 3. The van der Waals surface area contributed by atoms with Crippen LogP contribution in [0.25, 0.3) is 0 Å². The van der Waals surface area contributed by atoms with E-state index < -0.39 is 29.4 Å². The minimum atomic E-state index is -0.883. The van der Waals surface area contributed by atoms with Gasteiger partial charge in [-0.25, -0.2) is 9.59 Å². The Bertz CT molecular complexity index is 640. The summed E-state index contributed by atoms with van der Waals surface area (Å²) in [5.74, 6) is -1.14. The predicted octanol–water partition coefficient (Wildman–Crippen LogP) is 2.84. The Kier molecular flexibility index (Phi) is 6.60. The number of amides is 2. The Hall–Kier alpha value is -2.28. The standard InChI is InChI=1S/C16H21ClN2O5/c1-16(2,3)12(19-15(22)24-5)13(20)18-11-7-6-9(17)8-10(11)14(21)23-4/h6-8,12H,1-5H3,(H,18,20)(H,19,22)/t12-/m1/s1. The molecule has 1 aromatic rings. The summed E-state index contributed by atoms with van der Waals surface area (Å²) < 4.78 is 9.23. The number of benzene rings is 1. The van der Waals surface area contributed by atoms with Crippen molar-refractivity contribution < 1.29 is 23.9 Å². The molecule has 0 bridgehead atoms. The highest BCUT2D eigenvalue weighted by molar-refractivity contribution is 6.31. The van der Waals surface area contributed by atoms with Crippen LogP contribution in [0.2, 0.25) is 5.02 Å². The van der Waals surface area contributed by atoms with Gasteiger partial charge in [0.25, 0.3) is 0 Å². The molecule has 0 aliphatic carbocycles. The van der Waals surface area contributed by atoms with E-state index in [-0.39, 0.29) is 11.3 Å². The summed E-state index contributed by atoms with van der Waals surface area (Å²) in [7, 11) is 2.44. The molecular weight excluding hydrogens is 336 g/mol. The quantitative estimate of drug-likeness (QED) is 0.809. The lowest BCUT2D eigenvalue weighted by Crippen LogP contribution is -2.51. The Balaban J connectivity index is 3.11. The minimum Gasteiger partial charge on any atom is -0.465 e. The molecule has 7 nitrogen and oxygen atoms in total. The van der Waals surface area contributed by atoms with Crippen molar-refractivity contribution in [2.24, 2.45) is 5.41 Å². The number of hydrogen-bond acceptors (Lipinski definition) is 5. The summed E-state index contributed by atoms with van der Waals surface area (Å²) in [5, 5.41) is 5.43. The van der Waals surface area contributed by atoms with E-state index in [1.54, 1.807) is 20.8 Å². The highest BCUT2D eigenvalue weighted by Crippen LogP contribution is 2.25. The maximum Gasteiger partial charge on any atom is 0.407 e. The van der Waals surface area contributed by atoms with Gasteiger partial charge in [0, 0.05) is 5.02 Å². The van der Waals surface area contributed by atoms with Gasteiger partial charge in [0.15, 0.2) is 0 Å². The van der Waals surface area contributed by atoms with Crippen LogP contribution in [-0.2, 0) is 14.3 Å². The molecule has 1 rings (SSSR count). The molecule has 0 aromatic heterocycles. The zero-order valence-electron chi connectivity index (χ0n) is 14.2. The van der Waals surface area contributed by atoms with Crippen LogP contribution in [0.1, 0.15) is 31.1 Å². The molecule has 0 spiro atoms. The number of halogens is 1. The summed E-state index contributed by atoms with van der Waals surface area (Å²) in [6, 6.07) is 3.53. The third-order valence-electron chi connectivity index (χ3n) is 3.22. The highest BCUT2D eigenvalue weighted by atomic mass is 35.5. The molecule has 0 aliphatic heterocycles. The fourth-order valence-corrected chi connectivity index (χ4v) is 2.13. The van der Waals surface area contributed by atoms with Crippen LogP contribution in [0.5, 0.6) is 0 Å². The topological polar surface area (TPSA) is 93.7 Å². The first-order chi connectivity index (χ1) is 11.1. The van der Waals surface area contributed by atoms with Crippen LogP contribution in [0, 0.1) is 5.41 Å². The van der Waals surface area contributed by atoms with Crippen molar-refractivity contribution in [1.82, 2.24) is 5.32 Å². The number of rotatable bonds is 4. The van der Waals surface area contributed by atoms with Gasteiger partial charge in [0.05, 0.1) is 25.5 Å². The maximum absolute atomic E-state index is 12.6. The third kappa shape index (κ3) is 5.13. The second kappa shape index (κ2) is 8.01. The van der Waals surface area contributed by atoms with Gasteiger partial charge in [-0.05, 0) is 23.6 Å². The minimum absolute atomic E-state index is 0.115. The maximum atomic E-state index is 12.6. The molecule has 0 unspecified atom stereocenters. The van der Waals surface area contributed by atoms with E-state index in [4.69, 9.17) is 11.6 Å². The average Bonchev–Trinajstić information content (AvgIpc) is 2.51. The number of nitrogens with one attached hydrogen (secondary N) is 2. The van der Waals surface area contributed by atoms with E-state index in [1.165, 1.54) is 32.4 Å². The SMILES string of the molecule is COC(=O)N[C@H](C(=O)Nc1ccc(Cl)cc1C(=O)OC)C(C)(C)C. The summed E-state index contributed by atoms with van der Waals surface area (Å²) in [5.41, 5.74) is -0.239. The lowest BCUT2D eigenvalue weighted by molar-refractivity contribution is -0.120. The zero-order chi connectivity index (χ0) is 18.5. The molecule has 0 saturated heterocycles. The van der Waals surface area contributed by atoms with E-state index in [1.807, 2.05) is 0 Å². The highest BCUT2D eigenvalue weighted by Gasteiger charge is 2.33. The van der Waals surface area contributed by atoms with E-state index in [9.17, 15) is 14.4 Å². The Labute approximate surface area is 145 Å². The molecule has 8 heteroatoms. The molecule has 1 aromatic carbocycles. The van der Waals surface area contributed by atoms with Crippen molar-refractivity contribution >= 4 is 35.3 Å². The number of anilines is 1. The van der Waals surface area contributed by atoms with Gasteiger partial charge in [-0.3, -0.25) is 4.79 Å². The molecule has 0 aliphatic rings. The number of hydrogen-bond donors (Lipinski definition) is 2. The van der Waals surface area contributed by atoms with E-state index in [0.29, 0.717) is 5.02 Å². The zero-order valence-corrected chi connectivity index (χ0v) is 15.0. The van der Waals surface area contributed by atoms with Crippen molar-refractivity contribution in [2.75, 3.05) is 19.5 Å². The molecule has 0 fully saturated rings. The fraction of sp³-hybridized carbons (Fsp3) is 0.438. The smallest absolute Gasteiger partial charge is 0.407 e. The first-order valence-corrected chi connectivity index (χ1v) is 7.51. The Morgan fingerprint density at radius 3 is 2.25 bits per heavy atom. The number of methoxy groups -OCH3 is 2. The number of carbonyl (C=O) groups is 3. The average molecular weight is 357 g/mol. The van der Waals surface area contributed by atoms with Gasteiger partial charge in [-0.2, -0.15) is 0 Å². The van der Waals surface area contributed by atoms with Gasteiger partial charge in [0.1, 0.15) is 6.04 Å². The first kappa shape index (κ1) is 19.8. The molecule has 1 atom stereocenters. The third-order valence-corrected chi connectivity index (χ3v) is 3.46. The number of esters is 1. The molecule has 0 heterocycles. The van der Waals surface area contributed by atoms with Gasteiger partial charge in [-0.1, -0.05) is 32.4 Å². The second-order valence-corrected chi connectivity index (χ2v) is 6.54. The van der Waals surface area contributed by atoms with Crippen LogP contribution in [0.15, 0.2) is 18.2 Å². The van der Waals surface area contributed by atoms with Crippen LogP contribution >= 0.6 is 11.6 Å². The Morgan fingerprint density at radius 2 is 1.75 bits per heavy atom. The van der Waals surface area contributed by atoms with Crippen molar-refractivity contribution in [1.29, 1.82) is 0 Å². The van der Waals surface area contributed by atoms with Crippen molar-refractivity contribution in [2.45, 2.75) is 26.8 Å². The molecule has 0 saturated carbocycles. The van der Waals surface area contributed by atoms with Crippen LogP contribution in [0.3, 0.4) is 0 Å². The van der Waals surface area contributed by atoms with Crippen LogP contribution in [0.4, 0.5) is 10.5 Å². The van der Waals surface area contributed by atoms with Crippen molar-refractivity contribution in [3.05, 3.63) is 28.8 Å². The first-order valence-electron chi connectivity index (χ1n) is 7.13. The Morgan fingerprint density at radius 1 is 1.12 bits per heavy atom. The lowest BCUT2D eigenvalue weighted by Gasteiger charge is -2.30. The van der Waals surface area contributed by atoms with Crippen molar-refractivity contribution in [3.63, 3.8) is 0 Å². The number of ether oxygens (including phenoxy) is 2. The fourth-order valence-electron chi connectivity index (χ4n) is 1.96. The summed E-state index contributed by atoms with van der Waals surface area (Å²) >= 11 is 5.88. The van der Waals surface area contributed by atoms with Gasteiger partial charge < -0.3 is 20.1 Å². The van der Waals surface area contributed by atoms with E-state index >= 15 is 0 Å². The summed E-state index contributed by atoms with van der Waals surface area (Å²) in [4.78, 5) is 35.9. The molecule has 2 N–H and O–H groups in total. The van der Waals surface area contributed by atoms with E-state index in [0.717, 1.165) is 0 Å². The van der Waals surface area contributed by atoms with Crippen LogP contribution in [-0.4, -0.2) is 38.2 Å². The molecule has 132 valence electrons. The van der Waals surface area contributed by atoms with Crippen LogP contribution < -0.4 is 10.6 Å². The lowest BCUT2D eigenvalue weighted by atomic mass is 9.86. The van der Waals surface area contributed by atoms with Crippen molar-refractivity contribution in [3.8, 4) is 0 Å². The summed E-state index contributed by atoms with van der Waals surface area (Å²) in [6.07, 6.45) is -0.727. The predicted molar refractivity (Wildman–Crippen MR) is 90.2 cm³/mol. The van der Waals surface area contributed by atoms with Gasteiger partial charge >= 0.3 is 12.1 Å². The van der Waals surface area contributed by atoms with Gasteiger partial charge in [-0.15, -0.1) is 0 Å². The molecular formula is C16H21ClN2O5. The monoisotopic (exact) mass is 356 g/mol.